The Morgan fingerprint density at radius 2 is 2.21 bits per heavy atom. The van der Waals surface area contributed by atoms with Gasteiger partial charge in [-0.05, 0) is 37.6 Å². The second kappa shape index (κ2) is 7.67. The molecule has 28 heavy (non-hydrogen) atoms. The number of carbonyl (C=O) groups is 2. The number of anilines is 2. The molecule has 1 fully saturated rings. The van der Waals surface area contributed by atoms with Crippen molar-refractivity contribution in [3.05, 3.63) is 48.9 Å². The van der Waals surface area contributed by atoms with Crippen molar-refractivity contribution < 1.29 is 9.59 Å². The summed E-state index contributed by atoms with van der Waals surface area (Å²) in [6.45, 7) is 2.38. The maximum Gasteiger partial charge on any atom is 0.246 e. The van der Waals surface area contributed by atoms with Gasteiger partial charge in [-0.2, -0.15) is 5.10 Å². The molecule has 1 aliphatic rings. The highest BCUT2D eigenvalue weighted by Crippen LogP contribution is 2.22. The predicted molar refractivity (Wildman–Crippen MR) is 107 cm³/mol. The summed E-state index contributed by atoms with van der Waals surface area (Å²) in [5.41, 5.74) is 2.33. The number of aromatic nitrogens is 3. The summed E-state index contributed by atoms with van der Waals surface area (Å²) in [5.74, 6) is -0.0651. The minimum atomic E-state index is -0.448. The molecule has 8 nitrogen and oxygen atoms in total. The van der Waals surface area contributed by atoms with Crippen LogP contribution in [0.3, 0.4) is 0 Å². The van der Waals surface area contributed by atoms with E-state index in [1.165, 1.54) is 0 Å². The monoisotopic (exact) mass is 378 g/mol. The minimum absolute atomic E-state index is 0.0793. The van der Waals surface area contributed by atoms with Gasteiger partial charge in [-0.3, -0.25) is 19.3 Å². The molecule has 1 saturated heterocycles. The number of hydrogen-bond donors (Lipinski definition) is 3. The summed E-state index contributed by atoms with van der Waals surface area (Å²) in [7, 11) is 0. The number of nitrogens with zero attached hydrogens (tertiary/aromatic N) is 3. The molecular weight excluding hydrogens is 356 g/mol. The molecule has 3 aromatic rings. The molecule has 0 saturated carbocycles. The first kappa shape index (κ1) is 18.0. The second-order valence-corrected chi connectivity index (χ2v) is 6.94. The summed E-state index contributed by atoms with van der Waals surface area (Å²) in [5, 5.41) is 14.3. The van der Waals surface area contributed by atoms with E-state index < -0.39 is 6.04 Å². The molecule has 2 atom stereocenters. The van der Waals surface area contributed by atoms with Gasteiger partial charge in [0.1, 0.15) is 6.04 Å². The number of amides is 2. The fourth-order valence-electron chi connectivity index (χ4n) is 3.33. The van der Waals surface area contributed by atoms with Crippen LogP contribution in [0, 0.1) is 0 Å². The number of rotatable bonds is 5. The Hall–Kier alpha value is -3.42. The maximum absolute atomic E-state index is 12.6. The fourth-order valence-corrected chi connectivity index (χ4v) is 3.33. The fraction of sp³-hybridized carbons (Fsp3) is 0.300. The zero-order chi connectivity index (χ0) is 19.5. The van der Waals surface area contributed by atoms with Crippen molar-refractivity contribution in [2.45, 2.75) is 31.8 Å². The standard InChI is InChI=1S/C20H22N6O2/c1-13(20(28)25-18-6-2-5-17-16(18)4-3-9-21-17)24-14-10-23-26(12-14)15-7-8-19(27)22-11-15/h2-6,9-10,12-13,15,24H,7-8,11H2,1H3,(H,22,27)(H,25,28). The second-order valence-electron chi connectivity index (χ2n) is 6.94. The smallest absolute Gasteiger partial charge is 0.246 e. The first-order chi connectivity index (χ1) is 13.6. The van der Waals surface area contributed by atoms with Crippen LogP contribution in [-0.2, 0) is 9.59 Å². The van der Waals surface area contributed by atoms with Crippen molar-refractivity contribution in [3.8, 4) is 0 Å². The van der Waals surface area contributed by atoms with E-state index in [0.717, 1.165) is 28.7 Å². The molecule has 4 rings (SSSR count). The van der Waals surface area contributed by atoms with Crippen LogP contribution in [0.4, 0.5) is 11.4 Å². The Labute approximate surface area is 162 Å². The van der Waals surface area contributed by atoms with Gasteiger partial charge in [0.25, 0.3) is 0 Å². The molecule has 0 spiro atoms. The van der Waals surface area contributed by atoms with Crippen LogP contribution in [-0.4, -0.2) is 39.2 Å². The SMILES string of the molecule is CC(Nc1cnn(C2CCC(=O)NC2)c1)C(=O)Nc1cccc2ncccc12. The molecule has 0 bridgehead atoms. The van der Waals surface area contributed by atoms with Gasteiger partial charge in [0.15, 0.2) is 0 Å². The van der Waals surface area contributed by atoms with Crippen molar-refractivity contribution in [2.24, 2.45) is 0 Å². The predicted octanol–water partition coefficient (Wildman–Crippen LogP) is 2.32. The summed E-state index contributed by atoms with van der Waals surface area (Å²) in [4.78, 5) is 28.2. The third-order valence-electron chi connectivity index (χ3n) is 4.90. The van der Waals surface area contributed by atoms with E-state index in [0.29, 0.717) is 13.0 Å². The number of pyridine rings is 1. The molecule has 2 unspecified atom stereocenters. The summed E-state index contributed by atoms with van der Waals surface area (Å²) in [6.07, 6.45) is 6.56. The molecule has 2 aromatic heterocycles. The molecular formula is C20H22N6O2. The van der Waals surface area contributed by atoms with E-state index >= 15 is 0 Å². The van der Waals surface area contributed by atoms with Gasteiger partial charge < -0.3 is 16.0 Å². The van der Waals surface area contributed by atoms with Gasteiger partial charge in [-0.25, -0.2) is 0 Å². The topological polar surface area (TPSA) is 101 Å². The van der Waals surface area contributed by atoms with Crippen molar-refractivity contribution in [1.82, 2.24) is 20.1 Å². The van der Waals surface area contributed by atoms with Crippen LogP contribution in [0.5, 0.6) is 0 Å². The van der Waals surface area contributed by atoms with Crippen molar-refractivity contribution in [1.29, 1.82) is 0 Å². The molecule has 1 aliphatic heterocycles. The van der Waals surface area contributed by atoms with Crippen LogP contribution < -0.4 is 16.0 Å². The van der Waals surface area contributed by atoms with Crippen molar-refractivity contribution in [3.63, 3.8) is 0 Å². The molecule has 144 valence electrons. The van der Waals surface area contributed by atoms with Gasteiger partial charge in [0, 0.05) is 30.7 Å². The average molecular weight is 378 g/mol. The first-order valence-electron chi connectivity index (χ1n) is 9.32. The molecule has 8 heteroatoms. The van der Waals surface area contributed by atoms with Crippen LogP contribution in [0.15, 0.2) is 48.9 Å². The lowest BCUT2D eigenvalue weighted by atomic mass is 10.1. The first-order valence-corrected chi connectivity index (χ1v) is 9.32. The lowest BCUT2D eigenvalue weighted by molar-refractivity contribution is -0.122. The third kappa shape index (κ3) is 3.80. The molecule has 0 aliphatic carbocycles. The summed E-state index contributed by atoms with van der Waals surface area (Å²) >= 11 is 0. The van der Waals surface area contributed by atoms with Crippen LogP contribution in [0.2, 0.25) is 0 Å². The average Bonchev–Trinajstić information content (AvgIpc) is 3.17. The van der Waals surface area contributed by atoms with E-state index in [1.54, 1.807) is 19.3 Å². The quantitative estimate of drug-likeness (QED) is 0.633. The Bertz CT molecular complexity index is 999. The summed E-state index contributed by atoms with van der Waals surface area (Å²) in [6, 6.07) is 9.12. The number of carbonyl (C=O) groups excluding carboxylic acids is 2. The van der Waals surface area contributed by atoms with E-state index in [-0.39, 0.29) is 17.9 Å². The highest BCUT2D eigenvalue weighted by atomic mass is 16.2. The largest absolute Gasteiger partial charge is 0.371 e. The Morgan fingerprint density at radius 3 is 3.04 bits per heavy atom. The van der Waals surface area contributed by atoms with E-state index in [4.69, 9.17) is 0 Å². The van der Waals surface area contributed by atoms with Crippen molar-refractivity contribution in [2.75, 3.05) is 17.2 Å². The summed E-state index contributed by atoms with van der Waals surface area (Å²) < 4.78 is 1.84. The highest BCUT2D eigenvalue weighted by Gasteiger charge is 2.21. The Morgan fingerprint density at radius 1 is 1.32 bits per heavy atom. The Kier molecular flexibility index (Phi) is 4.92. The van der Waals surface area contributed by atoms with Gasteiger partial charge in [0.05, 0.1) is 29.1 Å². The van der Waals surface area contributed by atoms with Crippen molar-refractivity contribution >= 4 is 34.1 Å². The van der Waals surface area contributed by atoms with Gasteiger partial charge >= 0.3 is 0 Å². The highest BCUT2D eigenvalue weighted by molar-refractivity contribution is 6.03. The van der Waals surface area contributed by atoms with Gasteiger partial charge in [-0.15, -0.1) is 0 Å². The molecule has 1 aromatic carbocycles. The number of fused-ring (bicyclic) bond motifs is 1. The molecule has 3 N–H and O–H groups in total. The van der Waals surface area contributed by atoms with Gasteiger partial charge in [-0.1, -0.05) is 6.07 Å². The van der Waals surface area contributed by atoms with Gasteiger partial charge in [0.2, 0.25) is 11.8 Å². The van der Waals surface area contributed by atoms with Crippen LogP contribution in [0.1, 0.15) is 25.8 Å². The van der Waals surface area contributed by atoms with E-state index in [2.05, 4.69) is 26.0 Å². The normalized spacial score (nSPS) is 17.8. The third-order valence-corrected chi connectivity index (χ3v) is 4.90. The molecule has 0 radical (unpaired) electrons. The van der Waals surface area contributed by atoms with Crippen LogP contribution in [0.25, 0.3) is 10.9 Å². The number of piperidine rings is 1. The zero-order valence-corrected chi connectivity index (χ0v) is 15.6. The molecule has 3 heterocycles. The number of nitrogens with one attached hydrogen (secondary N) is 3. The zero-order valence-electron chi connectivity index (χ0n) is 15.6. The number of benzene rings is 1. The number of hydrogen-bond acceptors (Lipinski definition) is 5. The lowest BCUT2D eigenvalue weighted by Crippen LogP contribution is -2.36. The lowest BCUT2D eigenvalue weighted by Gasteiger charge is -2.22. The maximum atomic E-state index is 12.6. The van der Waals surface area contributed by atoms with Crippen LogP contribution >= 0.6 is 0 Å². The van der Waals surface area contributed by atoms with E-state index in [1.807, 2.05) is 41.2 Å². The van der Waals surface area contributed by atoms with E-state index in [9.17, 15) is 9.59 Å². The molecule has 2 amide bonds. The Balaban J connectivity index is 1.40. The minimum Gasteiger partial charge on any atom is -0.371 e.